The van der Waals surface area contributed by atoms with Crippen molar-refractivity contribution in [2.24, 2.45) is 0 Å². The van der Waals surface area contributed by atoms with Crippen molar-refractivity contribution in [2.45, 2.75) is 53.0 Å². The summed E-state index contributed by atoms with van der Waals surface area (Å²) < 4.78 is 1.89. The number of fused-ring (bicyclic) bond motifs is 2. The Morgan fingerprint density at radius 3 is 2.79 bits per heavy atom. The topological polar surface area (TPSA) is 59.8 Å². The molecule has 0 saturated carbocycles. The molecule has 2 aromatic heterocycles. The smallest absolute Gasteiger partial charge is 0.225 e. The predicted molar refractivity (Wildman–Crippen MR) is 98.2 cm³/mol. The van der Waals surface area contributed by atoms with Gasteiger partial charge in [-0.1, -0.05) is 31.9 Å². The lowest BCUT2D eigenvalue weighted by atomic mass is 10.1. The first-order valence-corrected chi connectivity index (χ1v) is 8.70. The van der Waals surface area contributed by atoms with Gasteiger partial charge in [-0.15, -0.1) is 0 Å². The summed E-state index contributed by atoms with van der Waals surface area (Å²) in [7, 11) is 0. The molecule has 3 rings (SSSR count). The molecule has 0 aliphatic heterocycles. The molecule has 0 unspecified atom stereocenters. The maximum absolute atomic E-state index is 12.1. The fraction of sp³-hybridized carbons (Fsp3) is 0.421. The Balaban J connectivity index is 2.08. The second-order valence-corrected chi connectivity index (χ2v) is 6.28. The van der Waals surface area contributed by atoms with Gasteiger partial charge in [-0.05, 0) is 38.0 Å². The van der Waals surface area contributed by atoms with E-state index in [-0.39, 0.29) is 5.91 Å². The molecule has 24 heavy (non-hydrogen) atoms. The van der Waals surface area contributed by atoms with Gasteiger partial charge in [0.25, 0.3) is 0 Å². The number of aromatic nitrogens is 3. The highest BCUT2D eigenvalue weighted by molar-refractivity contribution is 6.02. The van der Waals surface area contributed by atoms with Crippen molar-refractivity contribution in [1.29, 1.82) is 0 Å². The number of benzene rings is 1. The number of carbonyl (C=O) groups is 1. The number of hydrogen-bond acceptors (Lipinski definition) is 3. The van der Waals surface area contributed by atoms with Crippen LogP contribution in [0.15, 0.2) is 24.3 Å². The molecular formula is C19H24N4O. The number of nitrogens with zero attached hydrogens (tertiary/aromatic N) is 3. The summed E-state index contributed by atoms with van der Waals surface area (Å²) in [4.78, 5) is 16.9. The molecule has 2 heterocycles. The zero-order valence-corrected chi connectivity index (χ0v) is 14.6. The lowest BCUT2D eigenvalue weighted by Gasteiger charge is -2.03. The van der Waals surface area contributed by atoms with Crippen molar-refractivity contribution >= 4 is 33.7 Å². The second-order valence-electron chi connectivity index (χ2n) is 6.28. The van der Waals surface area contributed by atoms with Crippen LogP contribution < -0.4 is 5.32 Å². The molecule has 0 aliphatic rings. The second kappa shape index (κ2) is 6.99. The largest absolute Gasteiger partial charge is 0.309 e. The molecule has 5 nitrogen and oxygen atoms in total. The van der Waals surface area contributed by atoms with Crippen LogP contribution in [0.25, 0.3) is 21.9 Å². The molecule has 126 valence electrons. The summed E-state index contributed by atoms with van der Waals surface area (Å²) in [6.07, 6.45) is 3.39. The first-order chi connectivity index (χ1) is 11.6. The molecule has 1 aromatic carbocycles. The van der Waals surface area contributed by atoms with Crippen LogP contribution in [0.3, 0.4) is 0 Å². The molecule has 3 aromatic rings. The van der Waals surface area contributed by atoms with Gasteiger partial charge in [0, 0.05) is 18.4 Å². The first-order valence-electron chi connectivity index (χ1n) is 8.70. The minimum absolute atomic E-state index is 0.0178. The SMILES string of the molecule is CCCCC(=O)Nc1nn(CCC)c2nc3ccc(C)cc3cc12. The highest BCUT2D eigenvalue weighted by Crippen LogP contribution is 2.27. The van der Waals surface area contributed by atoms with Crippen LogP contribution >= 0.6 is 0 Å². The van der Waals surface area contributed by atoms with E-state index < -0.39 is 0 Å². The van der Waals surface area contributed by atoms with E-state index in [4.69, 9.17) is 4.98 Å². The van der Waals surface area contributed by atoms with Gasteiger partial charge < -0.3 is 5.32 Å². The van der Waals surface area contributed by atoms with E-state index in [1.54, 1.807) is 0 Å². The van der Waals surface area contributed by atoms with Crippen molar-refractivity contribution < 1.29 is 4.79 Å². The van der Waals surface area contributed by atoms with Gasteiger partial charge in [-0.3, -0.25) is 4.79 Å². The van der Waals surface area contributed by atoms with Gasteiger partial charge in [0.1, 0.15) is 0 Å². The zero-order chi connectivity index (χ0) is 17.1. The maximum atomic E-state index is 12.1. The Labute approximate surface area is 142 Å². The number of amides is 1. The summed E-state index contributed by atoms with van der Waals surface area (Å²) in [5.74, 6) is 0.639. The number of anilines is 1. The molecule has 0 spiro atoms. The standard InChI is InChI=1S/C19H24N4O/c1-4-6-7-17(24)21-18-15-12-14-11-13(3)8-9-16(14)20-19(15)23(22-18)10-5-2/h8-9,11-12H,4-7,10H2,1-3H3,(H,21,22,24). The van der Waals surface area contributed by atoms with Crippen LogP contribution in [0.1, 0.15) is 45.1 Å². The molecule has 1 N–H and O–H groups in total. The van der Waals surface area contributed by atoms with E-state index in [1.807, 2.05) is 10.7 Å². The average Bonchev–Trinajstić information content (AvgIpc) is 2.88. The number of nitrogens with one attached hydrogen (secondary N) is 1. The van der Waals surface area contributed by atoms with Crippen LogP contribution in [-0.2, 0) is 11.3 Å². The van der Waals surface area contributed by atoms with E-state index in [1.165, 1.54) is 5.56 Å². The van der Waals surface area contributed by atoms with Crippen molar-refractivity contribution in [2.75, 3.05) is 5.32 Å². The number of aryl methyl sites for hydroxylation is 2. The van der Waals surface area contributed by atoms with E-state index in [0.717, 1.165) is 47.7 Å². The average molecular weight is 324 g/mol. The summed E-state index contributed by atoms with van der Waals surface area (Å²) >= 11 is 0. The highest BCUT2D eigenvalue weighted by atomic mass is 16.1. The van der Waals surface area contributed by atoms with E-state index in [0.29, 0.717) is 12.2 Å². The molecule has 0 saturated heterocycles. The normalized spacial score (nSPS) is 11.3. The minimum Gasteiger partial charge on any atom is -0.309 e. The number of unbranched alkanes of at least 4 members (excludes halogenated alkanes) is 1. The van der Waals surface area contributed by atoms with Gasteiger partial charge in [-0.25, -0.2) is 9.67 Å². The zero-order valence-electron chi connectivity index (χ0n) is 14.6. The number of carbonyl (C=O) groups excluding carboxylic acids is 1. The summed E-state index contributed by atoms with van der Waals surface area (Å²) in [5, 5.41) is 9.54. The van der Waals surface area contributed by atoms with Crippen LogP contribution in [-0.4, -0.2) is 20.7 Å². The fourth-order valence-electron chi connectivity index (χ4n) is 2.87. The third-order valence-electron chi connectivity index (χ3n) is 4.12. The number of hydrogen-bond donors (Lipinski definition) is 1. The number of rotatable bonds is 6. The van der Waals surface area contributed by atoms with Crippen LogP contribution in [0.5, 0.6) is 0 Å². The monoisotopic (exact) mass is 324 g/mol. The Kier molecular flexibility index (Phi) is 4.79. The molecule has 1 amide bonds. The summed E-state index contributed by atoms with van der Waals surface area (Å²) in [6, 6.07) is 8.29. The fourth-order valence-corrected chi connectivity index (χ4v) is 2.87. The van der Waals surface area contributed by atoms with E-state index >= 15 is 0 Å². The van der Waals surface area contributed by atoms with Crippen LogP contribution in [0, 0.1) is 6.92 Å². The Morgan fingerprint density at radius 2 is 2.04 bits per heavy atom. The van der Waals surface area contributed by atoms with Crippen molar-refractivity contribution in [3.63, 3.8) is 0 Å². The molecule has 0 radical (unpaired) electrons. The molecule has 0 aliphatic carbocycles. The summed E-state index contributed by atoms with van der Waals surface area (Å²) in [5.41, 5.74) is 2.98. The third-order valence-corrected chi connectivity index (χ3v) is 4.12. The van der Waals surface area contributed by atoms with Gasteiger partial charge in [-0.2, -0.15) is 5.10 Å². The molecular weight excluding hydrogens is 300 g/mol. The van der Waals surface area contributed by atoms with Crippen molar-refractivity contribution in [1.82, 2.24) is 14.8 Å². The van der Waals surface area contributed by atoms with Crippen LogP contribution in [0.2, 0.25) is 0 Å². The van der Waals surface area contributed by atoms with Crippen molar-refractivity contribution in [3.05, 3.63) is 29.8 Å². The highest BCUT2D eigenvalue weighted by Gasteiger charge is 2.15. The van der Waals surface area contributed by atoms with Gasteiger partial charge in [0.05, 0.1) is 10.9 Å². The molecule has 0 fully saturated rings. The Morgan fingerprint density at radius 1 is 1.21 bits per heavy atom. The predicted octanol–water partition coefficient (Wildman–Crippen LogP) is 4.43. The lowest BCUT2D eigenvalue weighted by Crippen LogP contribution is -2.12. The number of pyridine rings is 1. The Hall–Kier alpha value is -2.43. The minimum atomic E-state index is 0.0178. The Bertz CT molecular complexity index is 882. The molecule has 5 heteroatoms. The molecule has 0 bridgehead atoms. The van der Waals surface area contributed by atoms with Gasteiger partial charge in [0.15, 0.2) is 11.5 Å². The molecule has 0 atom stereocenters. The first kappa shape index (κ1) is 16.4. The lowest BCUT2D eigenvalue weighted by molar-refractivity contribution is -0.116. The van der Waals surface area contributed by atoms with E-state index in [2.05, 4.69) is 49.4 Å². The van der Waals surface area contributed by atoms with Gasteiger partial charge >= 0.3 is 0 Å². The van der Waals surface area contributed by atoms with Crippen molar-refractivity contribution in [3.8, 4) is 0 Å². The van der Waals surface area contributed by atoms with Gasteiger partial charge in [0.2, 0.25) is 5.91 Å². The maximum Gasteiger partial charge on any atom is 0.225 e. The van der Waals surface area contributed by atoms with E-state index in [9.17, 15) is 4.79 Å². The summed E-state index contributed by atoms with van der Waals surface area (Å²) in [6.45, 7) is 7.04. The van der Waals surface area contributed by atoms with Crippen LogP contribution in [0.4, 0.5) is 5.82 Å². The third kappa shape index (κ3) is 3.25. The quantitative estimate of drug-likeness (QED) is 0.729.